The number of aryl methyl sites for hydroxylation is 1. The predicted molar refractivity (Wildman–Crippen MR) is 158 cm³/mol. The summed E-state index contributed by atoms with van der Waals surface area (Å²) < 4.78 is 0. The zero-order valence-electron chi connectivity index (χ0n) is 23.0. The number of pyridine rings is 1. The molecule has 0 aliphatic heterocycles. The highest BCUT2D eigenvalue weighted by Crippen LogP contribution is 2.52. The molecular weight excluding hydrogens is 506 g/mol. The normalized spacial score (nSPS) is 16.1. The molecule has 39 heavy (non-hydrogen) atoms. The summed E-state index contributed by atoms with van der Waals surface area (Å²) >= 11 is 6.04. The summed E-state index contributed by atoms with van der Waals surface area (Å²) in [5, 5.41) is 11.6. The Balaban J connectivity index is 1.52. The van der Waals surface area contributed by atoms with Crippen LogP contribution < -0.4 is 5.32 Å². The molecule has 2 heterocycles. The molecular formula is C32H38ClN5O. The zero-order chi connectivity index (χ0) is 27.8. The minimum atomic E-state index is -0.223. The lowest BCUT2D eigenvalue weighted by Gasteiger charge is -2.28. The number of allylic oxidation sites excluding steroid dienone is 2. The van der Waals surface area contributed by atoms with Crippen molar-refractivity contribution in [2.24, 2.45) is 0 Å². The fraction of sp³-hybridized carbons (Fsp3) is 0.344. The number of benzene rings is 1. The SMILES string of the molecule is C=C/C=C(\C=C/N[C@H](CCC)C1(c2ccc(Cl)nc2)CC1)C(=O)N(C)C(Cc1ccccc1)c1cc(C)[nH]n1. The lowest BCUT2D eigenvalue weighted by Crippen LogP contribution is -2.37. The number of carbonyl (C=O) groups is 1. The molecule has 3 aromatic rings. The fourth-order valence-corrected chi connectivity index (χ4v) is 5.37. The largest absolute Gasteiger partial charge is 0.387 e. The van der Waals surface area contributed by atoms with Gasteiger partial charge < -0.3 is 10.2 Å². The molecule has 6 nitrogen and oxygen atoms in total. The van der Waals surface area contributed by atoms with E-state index >= 15 is 0 Å². The Morgan fingerprint density at radius 2 is 2.03 bits per heavy atom. The van der Waals surface area contributed by atoms with Crippen molar-refractivity contribution in [1.29, 1.82) is 0 Å². The topological polar surface area (TPSA) is 73.9 Å². The van der Waals surface area contributed by atoms with E-state index in [0.29, 0.717) is 17.1 Å². The molecule has 2 aromatic heterocycles. The molecule has 0 saturated heterocycles. The maximum Gasteiger partial charge on any atom is 0.254 e. The third-order valence-corrected chi connectivity index (χ3v) is 7.79. The van der Waals surface area contributed by atoms with Crippen molar-refractivity contribution in [2.75, 3.05) is 7.05 Å². The molecule has 2 N–H and O–H groups in total. The summed E-state index contributed by atoms with van der Waals surface area (Å²) in [6, 6.07) is 16.1. The van der Waals surface area contributed by atoms with Gasteiger partial charge in [-0.05, 0) is 74.2 Å². The van der Waals surface area contributed by atoms with Crippen molar-refractivity contribution in [2.45, 2.75) is 63.5 Å². The minimum absolute atomic E-state index is 0.0413. The molecule has 204 valence electrons. The lowest BCUT2D eigenvalue weighted by molar-refractivity contribution is -0.127. The highest BCUT2D eigenvalue weighted by atomic mass is 35.5. The number of aromatic nitrogens is 3. The third-order valence-electron chi connectivity index (χ3n) is 7.57. The molecule has 0 bridgehead atoms. The van der Waals surface area contributed by atoms with Crippen LogP contribution in [0.25, 0.3) is 0 Å². The van der Waals surface area contributed by atoms with E-state index in [1.54, 1.807) is 17.1 Å². The van der Waals surface area contributed by atoms with Gasteiger partial charge in [0.2, 0.25) is 0 Å². The molecule has 4 rings (SSSR count). The van der Waals surface area contributed by atoms with Crippen molar-refractivity contribution in [1.82, 2.24) is 25.4 Å². The van der Waals surface area contributed by atoms with Gasteiger partial charge in [0, 0.05) is 36.0 Å². The van der Waals surface area contributed by atoms with E-state index in [0.717, 1.165) is 42.6 Å². The van der Waals surface area contributed by atoms with E-state index in [9.17, 15) is 4.79 Å². The Kier molecular flexibility index (Phi) is 9.41. The number of rotatable bonds is 13. The molecule has 1 amide bonds. The number of hydrogen-bond donors (Lipinski definition) is 2. The molecule has 0 spiro atoms. The van der Waals surface area contributed by atoms with E-state index < -0.39 is 0 Å². The van der Waals surface area contributed by atoms with Crippen molar-refractivity contribution in [3.8, 4) is 0 Å². The number of hydrogen-bond acceptors (Lipinski definition) is 4. The molecule has 0 radical (unpaired) electrons. The summed E-state index contributed by atoms with van der Waals surface area (Å²) in [4.78, 5) is 19.9. The van der Waals surface area contributed by atoms with Crippen LogP contribution in [0.15, 0.2) is 91.3 Å². The summed E-state index contributed by atoms with van der Waals surface area (Å²) in [6.07, 6.45) is 14.0. The number of H-pyrrole nitrogens is 1. The second kappa shape index (κ2) is 12.9. The first kappa shape index (κ1) is 28.4. The first-order chi connectivity index (χ1) is 18.9. The van der Waals surface area contributed by atoms with Crippen molar-refractivity contribution >= 4 is 17.5 Å². The van der Waals surface area contributed by atoms with Crippen molar-refractivity contribution < 1.29 is 4.79 Å². The average molecular weight is 544 g/mol. The zero-order valence-corrected chi connectivity index (χ0v) is 23.8. The summed E-state index contributed by atoms with van der Waals surface area (Å²) in [6.45, 7) is 8.01. The maximum absolute atomic E-state index is 13.8. The molecule has 2 atom stereocenters. The van der Waals surface area contributed by atoms with Crippen LogP contribution in [0.4, 0.5) is 0 Å². The minimum Gasteiger partial charge on any atom is -0.387 e. The van der Waals surface area contributed by atoms with E-state index in [1.165, 1.54) is 5.56 Å². The van der Waals surface area contributed by atoms with E-state index in [1.807, 2.05) is 62.8 Å². The second-order valence-corrected chi connectivity index (χ2v) is 10.7. The van der Waals surface area contributed by atoms with Crippen molar-refractivity contribution in [3.05, 3.63) is 119 Å². The molecule has 1 unspecified atom stereocenters. The average Bonchev–Trinajstić information content (AvgIpc) is 3.64. The van der Waals surface area contributed by atoms with Gasteiger partial charge in [-0.3, -0.25) is 9.89 Å². The van der Waals surface area contributed by atoms with E-state index in [4.69, 9.17) is 11.6 Å². The molecule has 1 aliphatic carbocycles. The quantitative estimate of drug-likeness (QED) is 0.144. The van der Waals surface area contributed by atoms with Gasteiger partial charge in [0.1, 0.15) is 5.15 Å². The Bertz CT molecular complexity index is 1310. The first-order valence-electron chi connectivity index (χ1n) is 13.6. The Labute approximate surface area is 236 Å². The molecule has 1 aliphatic rings. The van der Waals surface area contributed by atoms with Gasteiger partial charge in [-0.1, -0.05) is 74.0 Å². The summed E-state index contributed by atoms with van der Waals surface area (Å²) in [7, 11) is 1.84. The van der Waals surface area contributed by atoms with Crippen LogP contribution in [0.1, 0.15) is 61.2 Å². The number of carbonyl (C=O) groups excluding carboxylic acids is 1. The highest BCUT2D eigenvalue weighted by Gasteiger charge is 2.50. The Morgan fingerprint density at radius 1 is 1.26 bits per heavy atom. The monoisotopic (exact) mass is 543 g/mol. The van der Waals surface area contributed by atoms with Gasteiger partial charge >= 0.3 is 0 Å². The van der Waals surface area contributed by atoms with Gasteiger partial charge in [0.15, 0.2) is 0 Å². The van der Waals surface area contributed by atoms with Crippen LogP contribution in [0.3, 0.4) is 0 Å². The number of likely N-dealkylation sites (N-methyl/N-ethyl adjacent to an activating group) is 1. The van der Waals surface area contributed by atoms with Crippen LogP contribution >= 0.6 is 11.6 Å². The van der Waals surface area contributed by atoms with Crippen LogP contribution in [-0.4, -0.2) is 39.1 Å². The van der Waals surface area contributed by atoms with Crippen LogP contribution in [0, 0.1) is 6.92 Å². The lowest BCUT2D eigenvalue weighted by atomic mass is 9.86. The first-order valence-corrected chi connectivity index (χ1v) is 14.0. The fourth-order valence-electron chi connectivity index (χ4n) is 5.26. The van der Waals surface area contributed by atoms with Gasteiger partial charge in [0.25, 0.3) is 5.91 Å². The number of halogens is 1. The summed E-state index contributed by atoms with van der Waals surface area (Å²) in [5.74, 6) is -0.0930. The molecule has 1 fully saturated rings. The number of nitrogens with one attached hydrogen (secondary N) is 2. The van der Waals surface area contributed by atoms with E-state index in [2.05, 4.69) is 52.2 Å². The van der Waals surface area contributed by atoms with Gasteiger partial charge in [-0.15, -0.1) is 0 Å². The molecule has 1 saturated carbocycles. The smallest absolute Gasteiger partial charge is 0.254 e. The van der Waals surface area contributed by atoms with Crippen molar-refractivity contribution in [3.63, 3.8) is 0 Å². The third kappa shape index (κ3) is 6.87. The Morgan fingerprint density at radius 3 is 2.62 bits per heavy atom. The second-order valence-electron chi connectivity index (χ2n) is 10.3. The van der Waals surface area contributed by atoms with Gasteiger partial charge in [-0.2, -0.15) is 5.10 Å². The van der Waals surface area contributed by atoms with Gasteiger partial charge in [0.05, 0.1) is 11.7 Å². The van der Waals surface area contributed by atoms with Crippen LogP contribution in [0.2, 0.25) is 5.15 Å². The highest BCUT2D eigenvalue weighted by molar-refractivity contribution is 6.29. The van der Waals surface area contributed by atoms with Crippen LogP contribution in [-0.2, 0) is 16.6 Å². The summed E-state index contributed by atoms with van der Waals surface area (Å²) in [5.41, 5.74) is 4.74. The van der Waals surface area contributed by atoms with E-state index in [-0.39, 0.29) is 23.4 Å². The Hall–Kier alpha value is -3.64. The number of amides is 1. The maximum atomic E-state index is 13.8. The standard InChI is InChI=1S/C32H38ClN5O/c1-5-10-25(16-19-34-29(11-6-2)32(17-18-32)26-14-15-30(33)35-22-26)31(39)38(4)28(27-20-23(3)36-37-27)21-24-12-8-7-9-13-24/h5,7-10,12-16,19-20,22,28-29,34H,1,6,11,17-18,21H2,2-4H3,(H,36,37)/b19-16-,25-10+/t28?,29-/m1/s1. The number of aromatic amines is 1. The van der Waals surface area contributed by atoms with Crippen LogP contribution in [0.5, 0.6) is 0 Å². The molecule has 1 aromatic carbocycles. The molecule has 7 heteroatoms. The predicted octanol–water partition coefficient (Wildman–Crippen LogP) is 6.62. The van der Waals surface area contributed by atoms with Gasteiger partial charge in [-0.25, -0.2) is 4.98 Å². The number of nitrogens with zero attached hydrogens (tertiary/aromatic N) is 3.